The van der Waals surface area contributed by atoms with Gasteiger partial charge in [-0.15, -0.1) is 0 Å². The van der Waals surface area contributed by atoms with E-state index in [4.69, 9.17) is 13.9 Å². The van der Waals surface area contributed by atoms with Crippen molar-refractivity contribution in [3.8, 4) is 0 Å². The molecule has 0 heterocycles. The van der Waals surface area contributed by atoms with E-state index in [1.807, 2.05) is 6.92 Å². The zero-order valence-electron chi connectivity index (χ0n) is 9.26. The standard InChI is InChI=1S/C9H22O3Si/c1-5-10-6-7-11-8-9-12-13(2,3)4/h5-9H2,1-4H3. The van der Waals surface area contributed by atoms with E-state index in [1.54, 1.807) is 0 Å². The van der Waals surface area contributed by atoms with Crippen molar-refractivity contribution in [2.75, 3.05) is 33.0 Å². The highest BCUT2D eigenvalue weighted by Gasteiger charge is 2.12. The minimum atomic E-state index is -1.34. The molecule has 0 saturated carbocycles. The summed E-state index contributed by atoms with van der Waals surface area (Å²) in [6.07, 6.45) is 0. The van der Waals surface area contributed by atoms with Crippen LogP contribution in [0.25, 0.3) is 0 Å². The third kappa shape index (κ3) is 12.1. The first-order valence-electron chi connectivity index (χ1n) is 4.85. The summed E-state index contributed by atoms with van der Waals surface area (Å²) >= 11 is 0. The van der Waals surface area contributed by atoms with Gasteiger partial charge in [-0.3, -0.25) is 0 Å². The Morgan fingerprint density at radius 2 is 1.38 bits per heavy atom. The van der Waals surface area contributed by atoms with Gasteiger partial charge in [0.15, 0.2) is 8.32 Å². The SMILES string of the molecule is CCOCCOCCO[Si](C)(C)C. The smallest absolute Gasteiger partial charge is 0.183 e. The largest absolute Gasteiger partial charge is 0.415 e. The fourth-order valence-electron chi connectivity index (χ4n) is 0.771. The van der Waals surface area contributed by atoms with Crippen LogP contribution in [-0.4, -0.2) is 41.4 Å². The molecular formula is C9H22O3Si. The van der Waals surface area contributed by atoms with Crippen molar-refractivity contribution in [1.82, 2.24) is 0 Å². The normalized spacial score (nSPS) is 12.0. The number of rotatable bonds is 8. The van der Waals surface area contributed by atoms with Gasteiger partial charge in [-0.05, 0) is 26.6 Å². The molecule has 0 radical (unpaired) electrons. The molecular weight excluding hydrogens is 184 g/mol. The molecule has 0 aromatic heterocycles. The molecule has 0 aromatic rings. The van der Waals surface area contributed by atoms with Crippen LogP contribution in [0.15, 0.2) is 0 Å². The zero-order chi connectivity index (χ0) is 10.2. The number of hydrogen-bond donors (Lipinski definition) is 0. The monoisotopic (exact) mass is 206 g/mol. The number of ether oxygens (including phenoxy) is 2. The van der Waals surface area contributed by atoms with Crippen LogP contribution >= 0.6 is 0 Å². The van der Waals surface area contributed by atoms with E-state index in [9.17, 15) is 0 Å². The predicted octanol–water partition coefficient (Wildman–Crippen LogP) is 1.89. The molecule has 0 atom stereocenters. The summed E-state index contributed by atoms with van der Waals surface area (Å²) in [7, 11) is -1.34. The Morgan fingerprint density at radius 1 is 0.846 bits per heavy atom. The summed E-state index contributed by atoms with van der Waals surface area (Å²) in [4.78, 5) is 0. The van der Waals surface area contributed by atoms with Crippen LogP contribution in [0, 0.1) is 0 Å². The van der Waals surface area contributed by atoms with Crippen molar-refractivity contribution < 1.29 is 13.9 Å². The first kappa shape index (κ1) is 13.1. The molecule has 0 aliphatic rings. The Morgan fingerprint density at radius 3 is 1.92 bits per heavy atom. The highest BCUT2D eigenvalue weighted by Crippen LogP contribution is 2.01. The molecule has 13 heavy (non-hydrogen) atoms. The van der Waals surface area contributed by atoms with Crippen molar-refractivity contribution >= 4 is 8.32 Å². The van der Waals surface area contributed by atoms with Crippen molar-refractivity contribution in [3.63, 3.8) is 0 Å². The lowest BCUT2D eigenvalue weighted by Gasteiger charge is -2.16. The summed E-state index contributed by atoms with van der Waals surface area (Å²) in [6, 6.07) is 0. The van der Waals surface area contributed by atoms with Crippen LogP contribution in [-0.2, 0) is 13.9 Å². The van der Waals surface area contributed by atoms with Gasteiger partial charge >= 0.3 is 0 Å². The molecule has 0 aliphatic heterocycles. The number of hydrogen-bond acceptors (Lipinski definition) is 3. The third-order valence-corrected chi connectivity index (χ3v) is 2.41. The van der Waals surface area contributed by atoms with Crippen molar-refractivity contribution in [1.29, 1.82) is 0 Å². The Kier molecular flexibility index (Phi) is 7.55. The van der Waals surface area contributed by atoms with Gasteiger partial charge in [-0.25, -0.2) is 0 Å². The van der Waals surface area contributed by atoms with E-state index in [0.717, 1.165) is 6.61 Å². The molecule has 4 heteroatoms. The summed E-state index contributed by atoms with van der Waals surface area (Å²) in [5.41, 5.74) is 0. The Hall–Kier alpha value is 0.0969. The molecule has 0 N–H and O–H groups in total. The van der Waals surface area contributed by atoms with E-state index in [0.29, 0.717) is 26.4 Å². The molecule has 0 bridgehead atoms. The average molecular weight is 206 g/mol. The molecule has 0 spiro atoms. The molecule has 0 aliphatic carbocycles. The van der Waals surface area contributed by atoms with E-state index in [1.165, 1.54) is 0 Å². The van der Waals surface area contributed by atoms with Crippen LogP contribution in [0.5, 0.6) is 0 Å². The van der Waals surface area contributed by atoms with Gasteiger partial charge in [0.2, 0.25) is 0 Å². The molecule has 0 aromatic carbocycles. The fraction of sp³-hybridized carbons (Fsp3) is 1.00. The summed E-state index contributed by atoms with van der Waals surface area (Å²) in [5.74, 6) is 0. The lowest BCUT2D eigenvalue weighted by Crippen LogP contribution is -2.27. The van der Waals surface area contributed by atoms with E-state index in [2.05, 4.69) is 19.6 Å². The molecule has 0 amide bonds. The molecule has 80 valence electrons. The first-order valence-corrected chi connectivity index (χ1v) is 8.26. The molecule has 3 nitrogen and oxygen atoms in total. The fourth-order valence-corrected chi connectivity index (χ4v) is 1.47. The van der Waals surface area contributed by atoms with Gasteiger partial charge in [0.05, 0.1) is 26.4 Å². The Balaban J connectivity index is 3.00. The molecule has 0 unspecified atom stereocenters. The first-order chi connectivity index (χ1) is 6.06. The minimum absolute atomic E-state index is 0.670. The van der Waals surface area contributed by atoms with Crippen molar-refractivity contribution in [2.45, 2.75) is 26.6 Å². The lowest BCUT2D eigenvalue weighted by molar-refractivity contribution is 0.0395. The van der Waals surface area contributed by atoms with Gasteiger partial charge < -0.3 is 13.9 Å². The zero-order valence-corrected chi connectivity index (χ0v) is 10.3. The molecule has 0 fully saturated rings. The summed E-state index contributed by atoms with van der Waals surface area (Å²) in [5, 5.41) is 0. The molecule has 0 saturated heterocycles. The van der Waals surface area contributed by atoms with Gasteiger partial charge in [0.1, 0.15) is 0 Å². The summed E-state index contributed by atoms with van der Waals surface area (Å²) in [6.45, 7) is 12.0. The highest BCUT2D eigenvalue weighted by molar-refractivity contribution is 6.69. The highest BCUT2D eigenvalue weighted by atomic mass is 28.4. The van der Waals surface area contributed by atoms with Gasteiger partial charge in [0.25, 0.3) is 0 Å². The van der Waals surface area contributed by atoms with Gasteiger partial charge in [0, 0.05) is 6.61 Å². The lowest BCUT2D eigenvalue weighted by atomic mass is 10.7. The van der Waals surface area contributed by atoms with Gasteiger partial charge in [-0.2, -0.15) is 0 Å². The topological polar surface area (TPSA) is 27.7 Å². The Labute approximate surface area is 82.5 Å². The van der Waals surface area contributed by atoms with E-state index >= 15 is 0 Å². The second-order valence-corrected chi connectivity index (χ2v) is 8.28. The maximum atomic E-state index is 5.61. The van der Waals surface area contributed by atoms with Crippen molar-refractivity contribution in [2.24, 2.45) is 0 Å². The van der Waals surface area contributed by atoms with Crippen LogP contribution in [0.3, 0.4) is 0 Å². The van der Waals surface area contributed by atoms with Crippen LogP contribution in [0.1, 0.15) is 6.92 Å². The van der Waals surface area contributed by atoms with Crippen LogP contribution in [0.4, 0.5) is 0 Å². The quantitative estimate of drug-likeness (QED) is 0.448. The average Bonchev–Trinajstić information content (AvgIpc) is 2.01. The predicted molar refractivity (Wildman–Crippen MR) is 56.6 cm³/mol. The second kappa shape index (κ2) is 7.50. The van der Waals surface area contributed by atoms with Crippen LogP contribution < -0.4 is 0 Å². The second-order valence-electron chi connectivity index (χ2n) is 3.77. The van der Waals surface area contributed by atoms with E-state index in [-0.39, 0.29) is 0 Å². The van der Waals surface area contributed by atoms with E-state index < -0.39 is 8.32 Å². The summed E-state index contributed by atoms with van der Waals surface area (Å²) < 4.78 is 16.0. The molecule has 0 rings (SSSR count). The minimum Gasteiger partial charge on any atom is -0.415 e. The Bertz CT molecular complexity index is 112. The van der Waals surface area contributed by atoms with Gasteiger partial charge in [-0.1, -0.05) is 0 Å². The third-order valence-electron chi connectivity index (χ3n) is 1.34. The van der Waals surface area contributed by atoms with Crippen LogP contribution in [0.2, 0.25) is 19.6 Å². The van der Waals surface area contributed by atoms with Crippen molar-refractivity contribution in [3.05, 3.63) is 0 Å². The maximum absolute atomic E-state index is 5.61. The maximum Gasteiger partial charge on any atom is 0.183 e.